The summed E-state index contributed by atoms with van der Waals surface area (Å²) >= 11 is 0. The lowest BCUT2D eigenvalue weighted by molar-refractivity contribution is -0.168. The van der Waals surface area contributed by atoms with Gasteiger partial charge in [0.2, 0.25) is 0 Å². The molecule has 0 aliphatic heterocycles. The van der Waals surface area contributed by atoms with Crippen LogP contribution < -0.4 is 0 Å². The molecule has 2 fully saturated rings. The summed E-state index contributed by atoms with van der Waals surface area (Å²) in [5.74, 6) is 0.818. The maximum atomic E-state index is 5.68. The quantitative estimate of drug-likeness (QED) is 0.549. The first-order valence-electron chi connectivity index (χ1n) is 10.7. The van der Waals surface area contributed by atoms with Gasteiger partial charge < -0.3 is 4.84 Å². The third kappa shape index (κ3) is 5.31. The molecular formula is C23H37NO. The Morgan fingerprint density at radius 2 is 1.64 bits per heavy atom. The van der Waals surface area contributed by atoms with E-state index in [1.807, 2.05) is 7.11 Å². The Labute approximate surface area is 154 Å². The number of hydroxylamine groups is 2. The van der Waals surface area contributed by atoms with Crippen LogP contribution in [0.25, 0.3) is 0 Å². The van der Waals surface area contributed by atoms with E-state index >= 15 is 0 Å². The summed E-state index contributed by atoms with van der Waals surface area (Å²) in [5.41, 5.74) is 4.63. The van der Waals surface area contributed by atoms with Crippen molar-refractivity contribution in [2.75, 3.05) is 13.7 Å². The largest absolute Gasteiger partial charge is 0.302 e. The van der Waals surface area contributed by atoms with Gasteiger partial charge in [0.25, 0.3) is 0 Å². The number of benzene rings is 1. The van der Waals surface area contributed by atoms with Gasteiger partial charge in [0.15, 0.2) is 0 Å². The number of rotatable bonds is 7. The minimum Gasteiger partial charge on any atom is -0.302 e. The first-order chi connectivity index (χ1) is 12.3. The Morgan fingerprint density at radius 1 is 0.960 bits per heavy atom. The molecule has 0 bridgehead atoms. The summed E-state index contributed by atoms with van der Waals surface area (Å²) in [4.78, 5) is 5.68. The zero-order valence-electron chi connectivity index (χ0n) is 16.4. The summed E-state index contributed by atoms with van der Waals surface area (Å²) in [6, 6.07) is 7.90. The van der Waals surface area contributed by atoms with Crippen LogP contribution in [0.4, 0.5) is 0 Å². The van der Waals surface area contributed by atoms with Gasteiger partial charge in [0.05, 0.1) is 7.11 Å². The van der Waals surface area contributed by atoms with Gasteiger partial charge in [-0.1, -0.05) is 56.7 Å². The minimum atomic E-state index is 0.647. The molecule has 2 aliphatic carbocycles. The summed E-state index contributed by atoms with van der Waals surface area (Å²) in [6.07, 6.45) is 16.2. The van der Waals surface area contributed by atoms with Crippen molar-refractivity contribution in [3.8, 4) is 0 Å². The van der Waals surface area contributed by atoms with Crippen molar-refractivity contribution in [3.05, 3.63) is 34.9 Å². The number of hydrogen-bond donors (Lipinski definition) is 0. The van der Waals surface area contributed by atoms with Crippen LogP contribution in [-0.2, 0) is 11.3 Å². The molecule has 0 saturated heterocycles. The average molecular weight is 344 g/mol. The first kappa shape index (κ1) is 18.9. The topological polar surface area (TPSA) is 12.5 Å². The maximum absolute atomic E-state index is 5.68. The number of nitrogens with zero attached hydrogens (tertiary/aromatic N) is 1. The Balaban J connectivity index is 1.49. The highest BCUT2D eigenvalue weighted by molar-refractivity contribution is 5.34. The van der Waals surface area contributed by atoms with E-state index in [1.54, 1.807) is 5.56 Å². The van der Waals surface area contributed by atoms with Crippen LogP contribution in [0.5, 0.6) is 0 Å². The van der Waals surface area contributed by atoms with E-state index in [2.05, 4.69) is 30.2 Å². The fraction of sp³-hybridized carbons (Fsp3) is 0.739. The molecule has 0 atom stereocenters. The predicted molar refractivity (Wildman–Crippen MR) is 106 cm³/mol. The molecule has 2 saturated carbocycles. The van der Waals surface area contributed by atoms with Crippen molar-refractivity contribution in [1.82, 2.24) is 5.06 Å². The molecule has 1 aromatic rings. The third-order valence-electron chi connectivity index (χ3n) is 6.44. The monoisotopic (exact) mass is 343 g/mol. The first-order valence-corrected chi connectivity index (χ1v) is 10.7. The van der Waals surface area contributed by atoms with Gasteiger partial charge in [-0.3, -0.25) is 0 Å². The van der Waals surface area contributed by atoms with Gasteiger partial charge >= 0.3 is 0 Å². The molecule has 0 spiro atoms. The normalized spacial score (nSPS) is 20.3. The fourth-order valence-corrected chi connectivity index (χ4v) is 5.00. The van der Waals surface area contributed by atoms with Crippen molar-refractivity contribution in [1.29, 1.82) is 0 Å². The average Bonchev–Trinajstić information content (AvgIpc) is 2.67. The molecule has 2 heteroatoms. The molecule has 0 unspecified atom stereocenters. The Hall–Kier alpha value is -0.860. The Kier molecular flexibility index (Phi) is 7.36. The van der Waals surface area contributed by atoms with Gasteiger partial charge in [0, 0.05) is 12.6 Å². The van der Waals surface area contributed by atoms with Gasteiger partial charge in [0.1, 0.15) is 0 Å². The molecular weight excluding hydrogens is 306 g/mol. The summed E-state index contributed by atoms with van der Waals surface area (Å²) in [7, 11) is 1.84. The molecule has 25 heavy (non-hydrogen) atoms. The second kappa shape index (κ2) is 9.73. The predicted octanol–water partition coefficient (Wildman–Crippen LogP) is 6.17. The van der Waals surface area contributed by atoms with E-state index in [4.69, 9.17) is 4.84 Å². The van der Waals surface area contributed by atoms with Crippen LogP contribution in [0.2, 0.25) is 0 Å². The second-order valence-corrected chi connectivity index (χ2v) is 8.24. The highest BCUT2D eigenvalue weighted by atomic mass is 16.7. The van der Waals surface area contributed by atoms with Gasteiger partial charge in [-0.15, -0.1) is 0 Å². The molecule has 3 rings (SSSR count). The van der Waals surface area contributed by atoms with E-state index in [1.165, 1.54) is 88.2 Å². The molecule has 2 aliphatic rings. The summed E-state index contributed by atoms with van der Waals surface area (Å²) < 4.78 is 0. The zero-order chi connectivity index (χ0) is 17.5. The van der Waals surface area contributed by atoms with E-state index in [0.717, 1.165) is 12.5 Å². The standard InChI is InChI=1S/C23H37NO/c1-19-18-20(15-16-23(19)21-11-5-3-6-12-21)10-9-17-24(25-2)22-13-7-4-8-14-22/h15-16,18,21-22H,3-14,17H2,1-2H3. The van der Waals surface area contributed by atoms with E-state index in [-0.39, 0.29) is 0 Å². The molecule has 0 amide bonds. The Bertz CT molecular complexity index is 515. The fourth-order valence-electron chi connectivity index (χ4n) is 5.00. The van der Waals surface area contributed by atoms with Crippen LogP contribution in [-0.4, -0.2) is 24.8 Å². The van der Waals surface area contributed by atoms with Crippen molar-refractivity contribution < 1.29 is 4.84 Å². The van der Waals surface area contributed by atoms with E-state index in [0.29, 0.717) is 6.04 Å². The number of hydrogen-bond acceptors (Lipinski definition) is 2. The molecule has 0 radical (unpaired) electrons. The molecule has 0 heterocycles. The van der Waals surface area contributed by atoms with Crippen LogP contribution in [0, 0.1) is 6.92 Å². The molecule has 2 nitrogen and oxygen atoms in total. The molecule has 0 aromatic heterocycles. The lowest BCUT2D eigenvalue weighted by Gasteiger charge is -2.32. The van der Waals surface area contributed by atoms with E-state index < -0.39 is 0 Å². The van der Waals surface area contributed by atoms with Crippen molar-refractivity contribution >= 4 is 0 Å². The highest BCUT2D eigenvalue weighted by Gasteiger charge is 2.21. The number of aryl methyl sites for hydroxylation is 2. The SMILES string of the molecule is CON(CCCc1ccc(C2CCCCC2)c(C)c1)C1CCCCC1. The molecule has 0 N–H and O–H groups in total. The highest BCUT2D eigenvalue weighted by Crippen LogP contribution is 2.34. The van der Waals surface area contributed by atoms with Crippen LogP contribution >= 0.6 is 0 Å². The second-order valence-electron chi connectivity index (χ2n) is 8.24. The third-order valence-corrected chi connectivity index (χ3v) is 6.44. The van der Waals surface area contributed by atoms with Crippen LogP contribution in [0.3, 0.4) is 0 Å². The Morgan fingerprint density at radius 3 is 2.28 bits per heavy atom. The van der Waals surface area contributed by atoms with Crippen LogP contribution in [0.1, 0.15) is 93.2 Å². The smallest absolute Gasteiger partial charge is 0.0575 e. The van der Waals surface area contributed by atoms with Crippen LogP contribution in [0.15, 0.2) is 18.2 Å². The lowest BCUT2D eigenvalue weighted by Crippen LogP contribution is -2.36. The molecule has 1 aromatic carbocycles. The lowest BCUT2D eigenvalue weighted by atomic mass is 9.82. The van der Waals surface area contributed by atoms with Crippen molar-refractivity contribution in [2.24, 2.45) is 0 Å². The van der Waals surface area contributed by atoms with E-state index in [9.17, 15) is 0 Å². The summed E-state index contributed by atoms with van der Waals surface area (Å²) in [6.45, 7) is 3.38. The summed E-state index contributed by atoms with van der Waals surface area (Å²) in [5, 5.41) is 2.25. The van der Waals surface area contributed by atoms with Gasteiger partial charge in [-0.05, 0) is 68.1 Å². The van der Waals surface area contributed by atoms with Gasteiger partial charge in [-0.2, -0.15) is 5.06 Å². The minimum absolute atomic E-state index is 0.647. The maximum Gasteiger partial charge on any atom is 0.0575 e. The molecule has 140 valence electrons. The zero-order valence-corrected chi connectivity index (χ0v) is 16.4. The van der Waals surface area contributed by atoms with Crippen molar-refractivity contribution in [2.45, 2.75) is 95.9 Å². The van der Waals surface area contributed by atoms with Crippen molar-refractivity contribution in [3.63, 3.8) is 0 Å². The van der Waals surface area contributed by atoms with Gasteiger partial charge in [-0.25, -0.2) is 0 Å².